The summed E-state index contributed by atoms with van der Waals surface area (Å²) in [7, 11) is 1.33. The van der Waals surface area contributed by atoms with Gasteiger partial charge in [-0.2, -0.15) is 0 Å². The number of hydrogen-bond acceptors (Lipinski definition) is 6. The lowest BCUT2D eigenvalue weighted by Crippen LogP contribution is -2.35. The number of nitro groups is 1. The predicted octanol–water partition coefficient (Wildman–Crippen LogP) is 3.48. The number of aromatic nitrogens is 3. The first kappa shape index (κ1) is 21.4. The lowest BCUT2D eigenvalue weighted by Gasteiger charge is -2.24. The van der Waals surface area contributed by atoms with E-state index in [1.54, 1.807) is 27.8 Å². The van der Waals surface area contributed by atoms with Gasteiger partial charge in [0.1, 0.15) is 19.2 Å². The summed E-state index contributed by atoms with van der Waals surface area (Å²) in [6.45, 7) is 11.3. The molecule has 2 aromatic heterocycles. The van der Waals surface area contributed by atoms with Crippen molar-refractivity contribution in [2.45, 2.75) is 46.0 Å². The number of carbonyl (C=O) groups excluding carboxylic acids is 1. The van der Waals surface area contributed by atoms with Gasteiger partial charge in [-0.05, 0) is 26.7 Å². The summed E-state index contributed by atoms with van der Waals surface area (Å²) >= 11 is 0. The first-order chi connectivity index (χ1) is 12.7. The summed E-state index contributed by atoms with van der Waals surface area (Å²) in [6, 6.07) is 0. The number of aryl methyl sites for hydroxylation is 1. The van der Waals surface area contributed by atoms with E-state index in [2.05, 4.69) is 21.4 Å². The van der Waals surface area contributed by atoms with Gasteiger partial charge in [0.05, 0.1) is 11.3 Å². The molecular weight excluding hydrogens is 378 g/mol. The number of hydrogen-bond donors (Lipinski definition) is 0. The van der Waals surface area contributed by atoms with Gasteiger partial charge >= 0.3 is 11.8 Å². The van der Waals surface area contributed by atoms with Crippen LogP contribution in [0.2, 0.25) is 19.6 Å². The van der Waals surface area contributed by atoms with E-state index in [-0.39, 0.29) is 28.2 Å². The fraction of sp³-hybridized carbons (Fsp3) is 0.500. The van der Waals surface area contributed by atoms with Crippen LogP contribution >= 0.6 is 0 Å². The van der Waals surface area contributed by atoms with Gasteiger partial charge < -0.3 is 9.30 Å². The fourth-order valence-corrected chi connectivity index (χ4v) is 2.85. The molecule has 0 atom stereocenters. The number of ether oxygens (including phenoxy) is 1. The van der Waals surface area contributed by atoms with E-state index in [4.69, 9.17) is 4.74 Å². The Morgan fingerprint density at radius 3 is 2.46 bits per heavy atom. The zero-order chi connectivity index (χ0) is 21.4. The highest BCUT2D eigenvalue weighted by Gasteiger charge is 2.30. The topological polar surface area (TPSA) is 103 Å². The summed E-state index contributed by atoms with van der Waals surface area (Å²) in [4.78, 5) is 33.5. The average molecular weight is 404 g/mol. The summed E-state index contributed by atoms with van der Waals surface area (Å²) in [5.74, 6) is 3.03. The van der Waals surface area contributed by atoms with Crippen LogP contribution in [-0.2, 0) is 11.8 Å². The molecular formula is C18H25N5O4Si. The molecule has 2 rings (SSSR count). The second-order valence-corrected chi connectivity index (χ2v) is 13.2. The average Bonchev–Trinajstić information content (AvgIpc) is 2.90. The second-order valence-electron chi connectivity index (χ2n) is 8.48. The van der Waals surface area contributed by atoms with Crippen molar-refractivity contribution in [1.29, 1.82) is 0 Å². The first-order valence-corrected chi connectivity index (χ1v) is 12.2. The lowest BCUT2D eigenvalue weighted by atomic mass is 10.2. The zero-order valence-electron chi connectivity index (χ0n) is 17.4. The van der Waals surface area contributed by atoms with Crippen LogP contribution in [0.15, 0.2) is 6.33 Å². The number of rotatable bonds is 2. The zero-order valence-corrected chi connectivity index (χ0v) is 18.4. The molecule has 9 nitrogen and oxygen atoms in total. The van der Waals surface area contributed by atoms with Crippen LogP contribution < -0.4 is 4.90 Å². The number of carbonyl (C=O) groups is 1. The number of imidazole rings is 1. The predicted molar refractivity (Wildman–Crippen MR) is 110 cm³/mol. The largest absolute Gasteiger partial charge is 0.443 e. The fourth-order valence-electron chi connectivity index (χ4n) is 2.35. The molecule has 0 saturated carbocycles. The number of anilines is 1. The monoisotopic (exact) mass is 403 g/mol. The first-order valence-electron chi connectivity index (χ1n) is 8.70. The number of amides is 1. The van der Waals surface area contributed by atoms with E-state index in [1.807, 2.05) is 19.6 Å². The van der Waals surface area contributed by atoms with Crippen LogP contribution in [0.3, 0.4) is 0 Å². The molecule has 0 aliphatic rings. The number of fused-ring (bicyclic) bond motifs is 1. The Morgan fingerprint density at radius 2 is 1.96 bits per heavy atom. The Kier molecular flexibility index (Phi) is 5.52. The van der Waals surface area contributed by atoms with Crippen LogP contribution in [0.25, 0.3) is 11.0 Å². The molecule has 0 radical (unpaired) electrons. The summed E-state index contributed by atoms with van der Waals surface area (Å²) in [5, 5.41) is 11.8. The van der Waals surface area contributed by atoms with E-state index < -0.39 is 24.7 Å². The maximum absolute atomic E-state index is 12.5. The smallest absolute Gasteiger partial charge is 0.415 e. The molecule has 1 amide bonds. The van der Waals surface area contributed by atoms with Gasteiger partial charge in [-0.3, -0.25) is 15.0 Å². The molecule has 10 heteroatoms. The standard InChI is InChI=1S/C18H25N5O4Si/c1-18(2,3)27-17(24)22(5)16-13-15(21(4)11-19-13)14(23(25)26)12(20-16)9-10-28(6,7)8/h11H,1-8H3. The van der Waals surface area contributed by atoms with E-state index in [9.17, 15) is 14.9 Å². The Labute approximate surface area is 164 Å². The summed E-state index contributed by atoms with van der Waals surface area (Å²) in [6.07, 6.45) is 0.812. The minimum absolute atomic E-state index is 0.00827. The maximum atomic E-state index is 12.5. The van der Waals surface area contributed by atoms with E-state index in [0.29, 0.717) is 0 Å². The van der Waals surface area contributed by atoms with Gasteiger partial charge in [0.25, 0.3) is 0 Å². The third kappa shape index (κ3) is 4.67. The number of pyridine rings is 1. The molecule has 0 spiro atoms. The highest BCUT2D eigenvalue weighted by atomic mass is 28.3. The second kappa shape index (κ2) is 7.24. The lowest BCUT2D eigenvalue weighted by molar-refractivity contribution is -0.383. The molecule has 2 heterocycles. The van der Waals surface area contributed by atoms with Gasteiger partial charge in [-0.1, -0.05) is 19.6 Å². The molecule has 0 fully saturated rings. The molecule has 0 bridgehead atoms. The van der Waals surface area contributed by atoms with Crippen LogP contribution in [-0.4, -0.2) is 46.3 Å². The molecule has 0 aromatic carbocycles. The third-order valence-corrected chi connectivity index (χ3v) is 4.41. The van der Waals surface area contributed by atoms with Crippen molar-refractivity contribution in [3.05, 3.63) is 22.1 Å². The Hall–Kier alpha value is -2.93. The molecule has 0 N–H and O–H groups in total. The van der Waals surface area contributed by atoms with Gasteiger partial charge in [-0.15, -0.1) is 5.54 Å². The van der Waals surface area contributed by atoms with Crippen LogP contribution in [0, 0.1) is 21.6 Å². The Bertz CT molecular complexity index is 1010. The molecule has 0 unspecified atom stereocenters. The summed E-state index contributed by atoms with van der Waals surface area (Å²) in [5.41, 5.74) is 2.68. The normalized spacial score (nSPS) is 11.7. The SMILES string of the molecule is CN(C(=O)OC(C)(C)C)c1nc(C#C[Si](C)(C)C)c([N+](=O)[O-])c2c1ncn2C. The Morgan fingerprint density at radius 1 is 1.36 bits per heavy atom. The third-order valence-electron chi connectivity index (χ3n) is 3.54. The van der Waals surface area contributed by atoms with Gasteiger partial charge in [-0.25, -0.2) is 14.8 Å². The molecule has 28 heavy (non-hydrogen) atoms. The van der Waals surface area contributed by atoms with E-state index in [1.165, 1.54) is 22.8 Å². The van der Waals surface area contributed by atoms with Gasteiger partial charge in [0.2, 0.25) is 0 Å². The molecule has 0 saturated heterocycles. The van der Waals surface area contributed by atoms with Crippen molar-refractivity contribution >= 4 is 36.7 Å². The van der Waals surface area contributed by atoms with Crippen LogP contribution in [0.1, 0.15) is 26.5 Å². The van der Waals surface area contributed by atoms with Crippen LogP contribution in [0.5, 0.6) is 0 Å². The molecule has 150 valence electrons. The highest BCUT2D eigenvalue weighted by Crippen LogP contribution is 2.33. The minimum atomic E-state index is -1.81. The van der Waals surface area contributed by atoms with Crippen molar-refractivity contribution in [2.75, 3.05) is 11.9 Å². The van der Waals surface area contributed by atoms with Crippen molar-refractivity contribution in [1.82, 2.24) is 14.5 Å². The maximum Gasteiger partial charge on any atom is 0.415 e. The Balaban J connectivity index is 2.77. The minimum Gasteiger partial charge on any atom is -0.443 e. The summed E-state index contributed by atoms with van der Waals surface area (Å²) < 4.78 is 6.92. The molecule has 0 aliphatic carbocycles. The highest BCUT2D eigenvalue weighted by molar-refractivity contribution is 6.83. The van der Waals surface area contributed by atoms with Crippen molar-refractivity contribution in [3.63, 3.8) is 0 Å². The van der Waals surface area contributed by atoms with Crippen molar-refractivity contribution < 1.29 is 14.5 Å². The van der Waals surface area contributed by atoms with Gasteiger partial charge in [0, 0.05) is 14.1 Å². The number of nitrogens with zero attached hydrogens (tertiary/aromatic N) is 5. The van der Waals surface area contributed by atoms with E-state index >= 15 is 0 Å². The quantitative estimate of drug-likeness (QED) is 0.329. The van der Waals surface area contributed by atoms with Crippen molar-refractivity contribution in [2.24, 2.45) is 7.05 Å². The molecule has 2 aromatic rings. The van der Waals surface area contributed by atoms with E-state index in [0.717, 1.165) is 0 Å². The van der Waals surface area contributed by atoms with Crippen LogP contribution in [0.4, 0.5) is 16.3 Å². The van der Waals surface area contributed by atoms with Crippen molar-refractivity contribution in [3.8, 4) is 11.5 Å². The van der Waals surface area contributed by atoms with Gasteiger partial charge in [0.15, 0.2) is 17.0 Å². The molecule has 0 aliphatic heterocycles.